The van der Waals surface area contributed by atoms with Crippen LogP contribution >= 0.6 is 0 Å². The van der Waals surface area contributed by atoms with Crippen molar-refractivity contribution in [2.75, 3.05) is 0 Å². The molecule has 0 bridgehead atoms. The lowest BCUT2D eigenvalue weighted by atomic mass is 10.2. The van der Waals surface area contributed by atoms with Gasteiger partial charge in [0.05, 0.1) is 0 Å². The average Bonchev–Trinajstić information content (AvgIpc) is 2.30. The molecule has 0 amide bonds. The van der Waals surface area contributed by atoms with E-state index in [4.69, 9.17) is 5.11 Å². The Hall–Kier alpha value is -2.37. The summed E-state index contributed by atoms with van der Waals surface area (Å²) in [6.07, 6.45) is 4.37. The van der Waals surface area contributed by atoms with Gasteiger partial charge in [-0.15, -0.1) is 0 Å². The van der Waals surface area contributed by atoms with Gasteiger partial charge in [0, 0.05) is 18.0 Å². The highest BCUT2D eigenvalue weighted by molar-refractivity contribution is 5.87. The highest BCUT2D eigenvalue weighted by atomic mass is 16.4. The zero-order valence-corrected chi connectivity index (χ0v) is 8.45. The number of aryl methyl sites for hydroxylation is 1. The molecule has 1 N–H and O–H groups in total. The van der Waals surface area contributed by atoms with Gasteiger partial charge in [-0.2, -0.15) is 0 Å². The normalized spacial score (nSPS) is 10.1. The Morgan fingerprint density at radius 1 is 1.38 bits per heavy atom. The lowest BCUT2D eigenvalue weighted by Gasteiger charge is -2.02. The minimum Gasteiger partial charge on any atom is -0.477 e. The molecule has 16 heavy (non-hydrogen) atoms. The van der Waals surface area contributed by atoms with Crippen molar-refractivity contribution in [3.8, 4) is 11.5 Å². The van der Waals surface area contributed by atoms with Gasteiger partial charge in [-0.05, 0) is 13.0 Å². The standard InChI is InChI=1S/C10H8N4O2/c1-6-4-12-9(14-8(6)10(15)16)7-2-3-11-5-13-7/h2-5H,1H3,(H,15,16). The molecule has 0 aliphatic heterocycles. The van der Waals surface area contributed by atoms with Crippen molar-refractivity contribution in [1.82, 2.24) is 19.9 Å². The third-order valence-corrected chi connectivity index (χ3v) is 1.99. The van der Waals surface area contributed by atoms with Crippen LogP contribution in [0, 0.1) is 6.92 Å². The number of aromatic carboxylic acids is 1. The van der Waals surface area contributed by atoms with E-state index in [-0.39, 0.29) is 11.5 Å². The number of carboxylic acid groups (broad SMARTS) is 1. The number of hydrogen-bond donors (Lipinski definition) is 1. The first kappa shape index (κ1) is 10.2. The molecule has 0 unspecified atom stereocenters. The zero-order valence-electron chi connectivity index (χ0n) is 8.45. The van der Waals surface area contributed by atoms with E-state index in [2.05, 4.69) is 19.9 Å². The van der Waals surface area contributed by atoms with Crippen molar-refractivity contribution in [2.24, 2.45) is 0 Å². The van der Waals surface area contributed by atoms with Crippen LogP contribution in [0.5, 0.6) is 0 Å². The Labute approximate surface area is 91.1 Å². The van der Waals surface area contributed by atoms with Crippen LogP contribution in [-0.4, -0.2) is 31.0 Å². The predicted molar refractivity (Wildman–Crippen MR) is 54.8 cm³/mol. The topological polar surface area (TPSA) is 88.9 Å². The van der Waals surface area contributed by atoms with Crippen molar-refractivity contribution in [3.63, 3.8) is 0 Å². The summed E-state index contributed by atoms with van der Waals surface area (Å²) in [5.41, 5.74) is 1.01. The van der Waals surface area contributed by atoms with E-state index in [1.54, 1.807) is 19.2 Å². The molecule has 0 saturated heterocycles. The van der Waals surface area contributed by atoms with Crippen LogP contribution in [0.2, 0.25) is 0 Å². The molecule has 2 rings (SSSR count). The SMILES string of the molecule is Cc1cnc(-c2ccncn2)nc1C(=O)O. The third-order valence-electron chi connectivity index (χ3n) is 1.99. The molecule has 80 valence electrons. The molecular formula is C10H8N4O2. The van der Waals surface area contributed by atoms with Crippen LogP contribution in [0.3, 0.4) is 0 Å². The summed E-state index contributed by atoms with van der Waals surface area (Å²) < 4.78 is 0. The molecule has 6 heteroatoms. The summed E-state index contributed by atoms with van der Waals surface area (Å²) in [5.74, 6) is -0.791. The zero-order chi connectivity index (χ0) is 11.5. The van der Waals surface area contributed by atoms with Crippen LogP contribution in [0.1, 0.15) is 16.1 Å². The molecule has 6 nitrogen and oxygen atoms in total. The molecular weight excluding hydrogens is 208 g/mol. The van der Waals surface area contributed by atoms with E-state index in [9.17, 15) is 4.79 Å². The number of nitrogens with zero attached hydrogens (tertiary/aromatic N) is 4. The first-order valence-corrected chi connectivity index (χ1v) is 4.52. The lowest BCUT2D eigenvalue weighted by molar-refractivity contribution is 0.0689. The minimum atomic E-state index is -1.07. The first-order valence-electron chi connectivity index (χ1n) is 4.52. The van der Waals surface area contributed by atoms with Crippen molar-refractivity contribution in [1.29, 1.82) is 0 Å². The minimum absolute atomic E-state index is 0.0105. The fourth-order valence-corrected chi connectivity index (χ4v) is 1.20. The van der Waals surface area contributed by atoms with Gasteiger partial charge in [-0.25, -0.2) is 24.7 Å². The number of aromatic nitrogens is 4. The predicted octanol–water partition coefficient (Wildman–Crippen LogP) is 0.940. The smallest absolute Gasteiger partial charge is 0.354 e. The van der Waals surface area contributed by atoms with Gasteiger partial charge in [0.25, 0.3) is 0 Å². The summed E-state index contributed by atoms with van der Waals surface area (Å²) in [4.78, 5) is 26.6. The Morgan fingerprint density at radius 2 is 2.19 bits per heavy atom. The largest absolute Gasteiger partial charge is 0.477 e. The average molecular weight is 216 g/mol. The van der Waals surface area contributed by atoms with Crippen molar-refractivity contribution < 1.29 is 9.90 Å². The quantitative estimate of drug-likeness (QED) is 0.803. The Kier molecular flexibility index (Phi) is 2.55. The van der Waals surface area contributed by atoms with Gasteiger partial charge < -0.3 is 5.11 Å². The summed E-state index contributed by atoms with van der Waals surface area (Å²) in [7, 11) is 0. The maximum atomic E-state index is 10.9. The molecule has 2 aromatic heterocycles. The summed E-state index contributed by atoms with van der Waals surface area (Å²) in [6, 6.07) is 1.62. The Bertz CT molecular complexity index is 528. The van der Waals surface area contributed by atoms with Crippen molar-refractivity contribution in [3.05, 3.63) is 36.0 Å². The van der Waals surface area contributed by atoms with Crippen molar-refractivity contribution in [2.45, 2.75) is 6.92 Å². The van der Waals surface area contributed by atoms with Gasteiger partial charge >= 0.3 is 5.97 Å². The molecule has 2 heterocycles. The van der Waals surface area contributed by atoms with Crippen molar-refractivity contribution >= 4 is 5.97 Å². The van der Waals surface area contributed by atoms with E-state index >= 15 is 0 Å². The molecule has 0 spiro atoms. The van der Waals surface area contributed by atoms with E-state index < -0.39 is 5.97 Å². The molecule has 0 fully saturated rings. The highest BCUT2D eigenvalue weighted by Gasteiger charge is 2.12. The van der Waals surface area contributed by atoms with Gasteiger partial charge in [0.2, 0.25) is 0 Å². The molecule has 0 radical (unpaired) electrons. The molecule has 0 atom stereocenters. The first-order chi connectivity index (χ1) is 7.68. The molecule has 0 saturated carbocycles. The van der Waals surface area contributed by atoms with Crippen LogP contribution in [0.25, 0.3) is 11.5 Å². The maximum absolute atomic E-state index is 10.9. The maximum Gasteiger partial charge on any atom is 0.354 e. The second-order valence-electron chi connectivity index (χ2n) is 3.13. The second kappa shape index (κ2) is 4.01. The molecule has 0 aliphatic rings. The summed E-state index contributed by atoms with van der Waals surface area (Å²) >= 11 is 0. The van der Waals surface area contributed by atoms with Gasteiger partial charge in [-0.3, -0.25) is 0 Å². The number of carboxylic acids is 1. The van der Waals surface area contributed by atoms with Crippen LogP contribution in [0.4, 0.5) is 0 Å². The van der Waals surface area contributed by atoms with Crippen LogP contribution in [-0.2, 0) is 0 Å². The summed E-state index contributed by atoms with van der Waals surface area (Å²) in [6.45, 7) is 1.65. The summed E-state index contributed by atoms with van der Waals surface area (Å²) in [5, 5.41) is 8.91. The fourth-order valence-electron chi connectivity index (χ4n) is 1.20. The number of carbonyl (C=O) groups is 1. The Morgan fingerprint density at radius 3 is 2.81 bits per heavy atom. The van der Waals surface area contributed by atoms with Crippen LogP contribution in [0.15, 0.2) is 24.8 Å². The number of hydrogen-bond acceptors (Lipinski definition) is 5. The monoisotopic (exact) mass is 216 g/mol. The fraction of sp³-hybridized carbons (Fsp3) is 0.100. The van der Waals surface area contributed by atoms with Crippen LogP contribution < -0.4 is 0 Å². The molecule has 0 aliphatic carbocycles. The van der Waals surface area contributed by atoms with Gasteiger partial charge in [0.15, 0.2) is 11.5 Å². The van der Waals surface area contributed by atoms with E-state index in [0.717, 1.165) is 0 Å². The molecule has 2 aromatic rings. The van der Waals surface area contributed by atoms with E-state index in [1.165, 1.54) is 12.5 Å². The Balaban J connectivity index is 2.52. The van der Waals surface area contributed by atoms with Gasteiger partial charge in [-0.1, -0.05) is 0 Å². The second-order valence-corrected chi connectivity index (χ2v) is 3.13. The highest BCUT2D eigenvalue weighted by Crippen LogP contribution is 2.12. The molecule has 0 aromatic carbocycles. The van der Waals surface area contributed by atoms with E-state index in [1.807, 2.05) is 0 Å². The van der Waals surface area contributed by atoms with Gasteiger partial charge in [0.1, 0.15) is 12.0 Å². The number of rotatable bonds is 2. The lowest BCUT2D eigenvalue weighted by Crippen LogP contribution is -2.06. The van der Waals surface area contributed by atoms with E-state index in [0.29, 0.717) is 11.3 Å². The third kappa shape index (κ3) is 1.85.